The van der Waals surface area contributed by atoms with Gasteiger partial charge in [0, 0.05) is 18.7 Å². The van der Waals surface area contributed by atoms with E-state index in [4.69, 9.17) is 0 Å². The Morgan fingerprint density at radius 3 is 2.58 bits per heavy atom. The highest BCUT2D eigenvalue weighted by Crippen LogP contribution is 2.24. The summed E-state index contributed by atoms with van der Waals surface area (Å²) in [4.78, 5) is 38.4. The van der Waals surface area contributed by atoms with Crippen molar-refractivity contribution < 1.29 is 18.8 Å². The van der Waals surface area contributed by atoms with Crippen LogP contribution < -0.4 is 5.32 Å². The maximum absolute atomic E-state index is 14.1. The van der Waals surface area contributed by atoms with E-state index in [1.54, 1.807) is 25.1 Å². The van der Waals surface area contributed by atoms with Gasteiger partial charge in [-0.2, -0.15) is 4.68 Å². The molecule has 0 fully saturated rings. The number of nitrogens with one attached hydrogen (secondary N) is 1. The lowest BCUT2D eigenvalue weighted by Crippen LogP contribution is -2.31. The molecule has 0 unspecified atom stereocenters. The van der Waals surface area contributed by atoms with Gasteiger partial charge in [0.2, 0.25) is 5.91 Å². The molecule has 1 aliphatic rings. The summed E-state index contributed by atoms with van der Waals surface area (Å²) in [5, 5.41) is 13.6. The predicted octanol–water partition coefficient (Wildman–Crippen LogP) is 2.43. The van der Waals surface area contributed by atoms with Crippen molar-refractivity contribution in [2.24, 2.45) is 0 Å². The minimum Gasteiger partial charge on any atom is -0.326 e. The molecule has 3 amide bonds. The zero-order valence-electron chi connectivity index (χ0n) is 16.9. The summed E-state index contributed by atoms with van der Waals surface area (Å²) >= 11 is 0. The van der Waals surface area contributed by atoms with Gasteiger partial charge in [0.25, 0.3) is 11.8 Å². The topological polar surface area (TPSA) is 110 Å². The molecule has 0 atom stereocenters. The van der Waals surface area contributed by atoms with Crippen LogP contribution in [0.2, 0.25) is 0 Å². The number of tetrazole rings is 1. The largest absolute Gasteiger partial charge is 0.326 e. The first-order valence-corrected chi connectivity index (χ1v) is 9.67. The van der Waals surface area contributed by atoms with Gasteiger partial charge in [-0.05, 0) is 61.0 Å². The Balaban J connectivity index is 1.36. The van der Waals surface area contributed by atoms with Gasteiger partial charge in [-0.15, -0.1) is 5.10 Å². The first kappa shape index (κ1) is 20.3. The molecule has 9 nitrogen and oxygen atoms in total. The number of rotatable bonds is 6. The number of carbonyl (C=O) groups is 3. The van der Waals surface area contributed by atoms with Crippen LogP contribution in [0.25, 0.3) is 5.69 Å². The minimum atomic E-state index is -0.533. The van der Waals surface area contributed by atoms with Gasteiger partial charge in [0.15, 0.2) is 5.82 Å². The number of aromatic nitrogens is 4. The number of halogens is 1. The summed E-state index contributed by atoms with van der Waals surface area (Å²) in [7, 11) is 0. The summed E-state index contributed by atoms with van der Waals surface area (Å²) in [5.74, 6) is -1.14. The molecule has 0 saturated heterocycles. The van der Waals surface area contributed by atoms with E-state index in [2.05, 4.69) is 20.8 Å². The molecular weight excluding hydrogens is 403 g/mol. The van der Waals surface area contributed by atoms with Crippen LogP contribution in [0.5, 0.6) is 0 Å². The van der Waals surface area contributed by atoms with Crippen molar-refractivity contribution in [2.75, 3.05) is 11.9 Å². The summed E-state index contributed by atoms with van der Waals surface area (Å²) < 4.78 is 15.4. The van der Waals surface area contributed by atoms with E-state index < -0.39 is 5.82 Å². The third-order valence-electron chi connectivity index (χ3n) is 5.00. The standard InChI is InChI=1S/C21H19FN6O3/c1-12-5-7-15-16(10-12)21(31)27(20(15)30)9-3-4-19(29)23-14-6-8-17(22)18(11-14)28-13(2)24-25-26-28/h5-8,10-11H,3-4,9H2,1-2H3,(H,23,29). The first-order valence-electron chi connectivity index (χ1n) is 9.67. The number of fused-ring (bicyclic) bond motifs is 1. The number of carbonyl (C=O) groups excluding carboxylic acids is 3. The lowest BCUT2D eigenvalue weighted by Gasteiger charge is -2.13. The summed E-state index contributed by atoms with van der Waals surface area (Å²) in [5.41, 5.74) is 2.17. The highest BCUT2D eigenvalue weighted by atomic mass is 19.1. The van der Waals surface area contributed by atoms with Gasteiger partial charge >= 0.3 is 0 Å². The SMILES string of the molecule is Cc1ccc2c(c1)C(=O)N(CCCC(=O)Nc1ccc(F)c(-n3nnnc3C)c1)C2=O. The molecule has 3 aromatic rings. The van der Waals surface area contributed by atoms with Crippen LogP contribution in [0.3, 0.4) is 0 Å². The summed E-state index contributed by atoms with van der Waals surface area (Å²) in [6.45, 7) is 3.62. The fourth-order valence-electron chi connectivity index (χ4n) is 3.44. The molecule has 1 aliphatic heterocycles. The van der Waals surface area contributed by atoms with Crippen molar-refractivity contribution in [1.29, 1.82) is 0 Å². The van der Waals surface area contributed by atoms with Gasteiger partial charge in [0.1, 0.15) is 11.5 Å². The summed E-state index contributed by atoms with van der Waals surface area (Å²) in [6.07, 6.45) is 0.388. The molecule has 1 N–H and O–H groups in total. The third kappa shape index (κ3) is 3.91. The fourth-order valence-corrected chi connectivity index (χ4v) is 3.44. The molecule has 31 heavy (non-hydrogen) atoms. The van der Waals surface area contributed by atoms with Gasteiger partial charge in [-0.3, -0.25) is 19.3 Å². The van der Waals surface area contributed by atoms with Crippen LogP contribution in [0.1, 0.15) is 44.9 Å². The molecule has 158 valence electrons. The predicted molar refractivity (Wildman–Crippen MR) is 108 cm³/mol. The van der Waals surface area contributed by atoms with Gasteiger partial charge in [-0.25, -0.2) is 4.39 Å². The molecule has 2 aromatic carbocycles. The average molecular weight is 422 g/mol. The second-order valence-corrected chi connectivity index (χ2v) is 7.27. The molecule has 0 spiro atoms. The molecular formula is C21H19FN6O3. The van der Waals surface area contributed by atoms with E-state index in [0.29, 0.717) is 29.1 Å². The molecule has 10 heteroatoms. The number of aryl methyl sites for hydroxylation is 2. The Morgan fingerprint density at radius 1 is 1.06 bits per heavy atom. The second-order valence-electron chi connectivity index (χ2n) is 7.27. The van der Waals surface area contributed by atoms with Crippen LogP contribution >= 0.6 is 0 Å². The monoisotopic (exact) mass is 422 g/mol. The van der Waals surface area contributed by atoms with Crippen molar-refractivity contribution in [3.8, 4) is 5.69 Å². The lowest BCUT2D eigenvalue weighted by atomic mass is 10.1. The normalized spacial score (nSPS) is 12.9. The molecule has 0 aliphatic carbocycles. The Morgan fingerprint density at radius 2 is 1.84 bits per heavy atom. The number of hydrogen-bond donors (Lipinski definition) is 1. The molecule has 4 rings (SSSR count). The Labute approximate surface area is 176 Å². The van der Waals surface area contributed by atoms with E-state index in [0.717, 1.165) is 10.5 Å². The number of amides is 3. The highest BCUT2D eigenvalue weighted by Gasteiger charge is 2.34. The van der Waals surface area contributed by atoms with E-state index in [1.165, 1.54) is 22.9 Å². The van der Waals surface area contributed by atoms with Crippen LogP contribution in [0, 0.1) is 19.7 Å². The van der Waals surface area contributed by atoms with E-state index in [1.807, 2.05) is 6.92 Å². The number of benzene rings is 2. The van der Waals surface area contributed by atoms with E-state index in [-0.39, 0.29) is 36.4 Å². The van der Waals surface area contributed by atoms with Crippen LogP contribution in [-0.4, -0.2) is 49.4 Å². The fraction of sp³-hybridized carbons (Fsp3) is 0.238. The zero-order valence-corrected chi connectivity index (χ0v) is 16.9. The number of nitrogens with zero attached hydrogens (tertiary/aromatic N) is 5. The van der Waals surface area contributed by atoms with Crippen LogP contribution in [0.15, 0.2) is 36.4 Å². The Kier molecular flexibility index (Phi) is 5.28. The van der Waals surface area contributed by atoms with Crippen LogP contribution in [-0.2, 0) is 4.79 Å². The van der Waals surface area contributed by atoms with E-state index in [9.17, 15) is 18.8 Å². The number of anilines is 1. The van der Waals surface area contributed by atoms with E-state index >= 15 is 0 Å². The minimum absolute atomic E-state index is 0.0864. The lowest BCUT2D eigenvalue weighted by molar-refractivity contribution is -0.116. The summed E-state index contributed by atoms with van der Waals surface area (Å²) in [6, 6.07) is 9.21. The molecule has 0 bridgehead atoms. The number of imide groups is 1. The van der Waals surface area contributed by atoms with Gasteiger partial charge < -0.3 is 5.32 Å². The van der Waals surface area contributed by atoms with Crippen molar-refractivity contribution in [1.82, 2.24) is 25.1 Å². The van der Waals surface area contributed by atoms with Crippen molar-refractivity contribution in [3.63, 3.8) is 0 Å². The Bertz CT molecular complexity index is 1210. The van der Waals surface area contributed by atoms with Crippen molar-refractivity contribution in [2.45, 2.75) is 26.7 Å². The highest BCUT2D eigenvalue weighted by molar-refractivity contribution is 6.21. The van der Waals surface area contributed by atoms with Gasteiger partial charge in [0.05, 0.1) is 11.1 Å². The zero-order chi connectivity index (χ0) is 22.1. The second kappa shape index (κ2) is 8.05. The quantitative estimate of drug-likeness (QED) is 0.611. The number of hydrogen-bond acceptors (Lipinski definition) is 6. The molecule has 2 heterocycles. The van der Waals surface area contributed by atoms with Crippen LogP contribution in [0.4, 0.5) is 10.1 Å². The average Bonchev–Trinajstić information content (AvgIpc) is 3.26. The molecule has 0 saturated carbocycles. The maximum Gasteiger partial charge on any atom is 0.261 e. The smallest absolute Gasteiger partial charge is 0.261 e. The van der Waals surface area contributed by atoms with Crippen molar-refractivity contribution in [3.05, 3.63) is 64.7 Å². The maximum atomic E-state index is 14.1. The van der Waals surface area contributed by atoms with Crippen molar-refractivity contribution >= 4 is 23.4 Å². The third-order valence-corrected chi connectivity index (χ3v) is 5.00. The Hall–Kier alpha value is -3.95. The molecule has 1 aromatic heterocycles. The van der Waals surface area contributed by atoms with Gasteiger partial charge in [-0.1, -0.05) is 11.6 Å². The first-order chi connectivity index (χ1) is 14.8. The molecule has 0 radical (unpaired) electrons.